The smallest absolute Gasteiger partial charge is 0.269 e. The number of nitrogens with one attached hydrogen (secondary N) is 2. The fraction of sp³-hybridized carbons (Fsp3) is 0.200. The van der Waals surface area contributed by atoms with Crippen molar-refractivity contribution in [2.45, 2.75) is 13.0 Å². The maximum absolute atomic E-state index is 12.6. The van der Waals surface area contributed by atoms with E-state index in [0.29, 0.717) is 35.4 Å². The van der Waals surface area contributed by atoms with Crippen molar-refractivity contribution in [2.75, 3.05) is 13.2 Å². The zero-order chi connectivity index (χ0) is 18.8. The largest absolute Gasteiger partial charge is 0.486 e. The van der Waals surface area contributed by atoms with Crippen LogP contribution in [0.15, 0.2) is 48.5 Å². The summed E-state index contributed by atoms with van der Waals surface area (Å²) in [5.41, 5.74) is 2.82. The number of nitrogens with zero attached hydrogens (tertiary/aromatic N) is 1. The molecule has 0 aliphatic carbocycles. The number of aromatic nitrogens is 2. The average Bonchev–Trinajstić information content (AvgIpc) is 3.18. The Kier molecular flexibility index (Phi) is 4.73. The number of rotatable bonds is 4. The van der Waals surface area contributed by atoms with Gasteiger partial charge in [-0.05, 0) is 42.8 Å². The maximum Gasteiger partial charge on any atom is 0.269 e. The number of halogens is 1. The number of benzene rings is 2. The third kappa shape index (κ3) is 3.75. The number of ether oxygens (including phenoxy) is 2. The molecule has 0 saturated carbocycles. The van der Waals surface area contributed by atoms with Crippen molar-refractivity contribution in [3.63, 3.8) is 0 Å². The summed E-state index contributed by atoms with van der Waals surface area (Å²) < 4.78 is 11.1. The highest BCUT2D eigenvalue weighted by Gasteiger charge is 2.18. The van der Waals surface area contributed by atoms with Gasteiger partial charge in [0, 0.05) is 10.6 Å². The molecule has 6 nitrogen and oxygen atoms in total. The third-order valence-electron chi connectivity index (χ3n) is 4.36. The highest BCUT2D eigenvalue weighted by atomic mass is 35.5. The molecule has 1 atom stereocenters. The van der Waals surface area contributed by atoms with Gasteiger partial charge in [0.1, 0.15) is 18.9 Å². The molecule has 0 saturated heterocycles. The fourth-order valence-electron chi connectivity index (χ4n) is 2.92. The van der Waals surface area contributed by atoms with E-state index in [0.717, 1.165) is 16.9 Å². The summed E-state index contributed by atoms with van der Waals surface area (Å²) in [5.74, 6) is 1.19. The van der Waals surface area contributed by atoms with E-state index >= 15 is 0 Å². The number of hydrogen-bond donors (Lipinski definition) is 2. The molecule has 138 valence electrons. The summed E-state index contributed by atoms with van der Waals surface area (Å²) in [7, 11) is 0. The molecule has 2 aromatic carbocycles. The number of H-pyrrole nitrogens is 1. The minimum atomic E-state index is -0.238. The van der Waals surface area contributed by atoms with E-state index in [2.05, 4.69) is 15.5 Å². The van der Waals surface area contributed by atoms with E-state index in [1.165, 1.54) is 0 Å². The summed E-state index contributed by atoms with van der Waals surface area (Å²) in [6, 6.07) is 14.5. The quantitative estimate of drug-likeness (QED) is 0.714. The van der Waals surface area contributed by atoms with E-state index < -0.39 is 0 Å². The molecule has 0 fully saturated rings. The molecule has 7 heteroatoms. The third-order valence-corrected chi connectivity index (χ3v) is 4.59. The van der Waals surface area contributed by atoms with Crippen LogP contribution in [0.5, 0.6) is 11.5 Å². The van der Waals surface area contributed by atoms with Crippen LogP contribution in [0.4, 0.5) is 0 Å². The van der Waals surface area contributed by atoms with Gasteiger partial charge in [0.15, 0.2) is 11.5 Å². The number of hydrogen-bond acceptors (Lipinski definition) is 4. The second-order valence-electron chi connectivity index (χ2n) is 6.28. The normalized spacial score (nSPS) is 13.9. The molecule has 2 N–H and O–H groups in total. The maximum atomic E-state index is 12.6. The molecule has 4 rings (SSSR count). The number of carbonyl (C=O) groups excluding carboxylic acids is 1. The zero-order valence-electron chi connectivity index (χ0n) is 14.7. The highest BCUT2D eigenvalue weighted by molar-refractivity contribution is 6.30. The molecule has 1 aromatic heterocycles. The van der Waals surface area contributed by atoms with Crippen LogP contribution in [0.1, 0.15) is 29.0 Å². The molecular weight excluding hydrogens is 366 g/mol. The molecule has 0 spiro atoms. The van der Waals surface area contributed by atoms with Crippen LogP contribution in [0, 0.1) is 0 Å². The van der Waals surface area contributed by atoms with Crippen molar-refractivity contribution in [1.82, 2.24) is 15.5 Å². The Morgan fingerprint density at radius 3 is 2.78 bits per heavy atom. The van der Waals surface area contributed by atoms with Crippen LogP contribution in [0.25, 0.3) is 11.3 Å². The molecule has 27 heavy (non-hydrogen) atoms. The summed E-state index contributed by atoms with van der Waals surface area (Å²) >= 11 is 6.01. The van der Waals surface area contributed by atoms with Crippen LogP contribution in [0.2, 0.25) is 5.02 Å². The van der Waals surface area contributed by atoms with Gasteiger partial charge in [0.2, 0.25) is 0 Å². The van der Waals surface area contributed by atoms with Crippen molar-refractivity contribution in [3.05, 3.63) is 64.8 Å². The van der Waals surface area contributed by atoms with E-state index in [-0.39, 0.29) is 11.9 Å². The standard InChI is InChI=1S/C20H18ClN3O3/c1-12(13-5-6-18-19(10-13)27-8-7-26-18)22-20(25)17-11-16(23-24-17)14-3-2-4-15(21)9-14/h2-6,9-12H,7-8H2,1H3,(H,22,25)(H,23,24). The predicted molar refractivity (Wildman–Crippen MR) is 102 cm³/mol. The molecule has 2 heterocycles. The molecule has 1 unspecified atom stereocenters. The zero-order valence-corrected chi connectivity index (χ0v) is 15.4. The number of aromatic amines is 1. The van der Waals surface area contributed by atoms with E-state index in [9.17, 15) is 4.79 Å². The number of fused-ring (bicyclic) bond motifs is 1. The molecule has 1 aliphatic heterocycles. The molecule has 0 radical (unpaired) electrons. The highest BCUT2D eigenvalue weighted by Crippen LogP contribution is 2.32. The Hall–Kier alpha value is -2.99. The van der Waals surface area contributed by atoms with E-state index in [1.807, 2.05) is 37.3 Å². The van der Waals surface area contributed by atoms with Crippen LogP contribution >= 0.6 is 11.6 Å². The van der Waals surface area contributed by atoms with Gasteiger partial charge in [-0.2, -0.15) is 5.10 Å². The monoisotopic (exact) mass is 383 g/mol. The van der Waals surface area contributed by atoms with Gasteiger partial charge < -0.3 is 14.8 Å². The van der Waals surface area contributed by atoms with Gasteiger partial charge in [-0.3, -0.25) is 9.89 Å². The van der Waals surface area contributed by atoms with Crippen LogP contribution in [0.3, 0.4) is 0 Å². The lowest BCUT2D eigenvalue weighted by Gasteiger charge is -2.21. The molecule has 1 aliphatic rings. The summed E-state index contributed by atoms with van der Waals surface area (Å²) in [5, 5.41) is 10.6. The lowest BCUT2D eigenvalue weighted by atomic mass is 10.1. The minimum Gasteiger partial charge on any atom is -0.486 e. The van der Waals surface area contributed by atoms with Crippen molar-refractivity contribution in [2.24, 2.45) is 0 Å². The number of amides is 1. The Bertz CT molecular complexity index is 986. The molecule has 0 bridgehead atoms. The predicted octanol–water partition coefficient (Wildman–Crippen LogP) is 3.99. The first kappa shape index (κ1) is 17.4. The summed E-state index contributed by atoms with van der Waals surface area (Å²) in [6.45, 7) is 2.99. The SMILES string of the molecule is CC(NC(=O)c1cc(-c2cccc(Cl)c2)n[nH]1)c1ccc2c(c1)OCCO2. The van der Waals surface area contributed by atoms with Crippen molar-refractivity contribution in [1.29, 1.82) is 0 Å². The van der Waals surface area contributed by atoms with Crippen LogP contribution in [-0.4, -0.2) is 29.3 Å². The minimum absolute atomic E-state index is 0.203. The lowest BCUT2D eigenvalue weighted by Crippen LogP contribution is -2.27. The second-order valence-corrected chi connectivity index (χ2v) is 6.71. The van der Waals surface area contributed by atoms with Gasteiger partial charge in [0.25, 0.3) is 5.91 Å². The summed E-state index contributed by atoms with van der Waals surface area (Å²) in [4.78, 5) is 12.6. The second kappa shape index (κ2) is 7.32. The molecule has 3 aromatic rings. The fourth-order valence-corrected chi connectivity index (χ4v) is 3.11. The Morgan fingerprint density at radius 1 is 1.15 bits per heavy atom. The first-order valence-electron chi connectivity index (χ1n) is 8.62. The van der Waals surface area contributed by atoms with E-state index in [1.54, 1.807) is 18.2 Å². The lowest BCUT2D eigenvalue weighted by molar-refractivity contribution is 0.0934. The Labute approximate surface area is 161 Å². The van der Waals surface area contributed by atoms with E-state index in [4.69, 9.17) is 21.1 Å². The Balaban J connectivity index is 1.47. The summed E-state index contributed by atoms with van der Waals surface area (Å²) in [6.07, 6.45) is 0. The molecular formula is C20H18ClN3O3. The van der Waals surface area contributed by atoms with Crippen molar-refractivity contribution >= 4 is 17.5 Å². The van der Waals surface area contributed by atoms with Crippen LogP contribution in [-0.2, 0) is 0 Å². The van der Waals surface area contributed by atoms with Crippen molar-refractivity contribution < 1.29 is 14.3 Å². The van der Waals surface area contributed by atoms with Gasteiger partial charge in [0.05, 0.1) is 11.7 Å². The number of carbonyl (C=O) groups is 1. The van der Waals surface area contributed by atoms with Crippen LogP contribution < -0.4 is 14.8 Å². The first-order valence-corrected chi connectivity index (χ1v) is 9.00. The van der Waals surface area contributed by atoms with Crippen molar-refractivity contribution in [3.8, 4) is 22.8 Å². The topological polar surface area (TPSA) is 76.2 Å². The average molecular weight is 384 g/mol. The Morgan fingerprint density at radius 2 is 1.96 bits per heavy atom. The van der Waals surface area contributed by atoms with Gasteiger partial charge in [-0.15, -0.1) is 0 Å². The first-order chi connectivity index (χ1) is 13.1. The molecule has 1 amide bonds. The van der Waals surface area contributed by atoms with Gasteiger partial charge in [-0.25, -0.2) is 0 Å². The van der Waals surface area contributed by atoms with Gasteiger partial charge in [-0.1, -0.05) is 29.8 Å². The van der Waals surface area contributed by atoms with Gasteiger partial charge >= 0.3 is 0 Å².